The monoisotopic (exact) mass is 355 g/mol. The maximum Gasteiger partial charge on any atom is 0.126 e. The summed E-state index contributed by atoms with van der Waals surface area (Å²) in [6, 6.07) is 2.47. The predicted octanol–water partition coefficient (Wildman–Crippen LogP) is 4.15. The third kappa shape index (κ3) is 3.61. The minimum atomic E-state index is 0.324. The third-order valence-corrected chi connectivity index (χ3v) is 5.21. The van der Waals surface area contributed by atoms with E-state index in [2.05, 4.69) is 48.1 Å². The van der Waals surface area contributed by atoms with Crippen LogP contribution in [0.4, 0.5) is 0 Å². The molecule has 3 nitrogen and oxygen atoms in total. The zero-order valence-electron chi connectivity index (χ0n) is 13.5. The summed E-state index contributed by atoms with van der Waals surface area (Å²) in [4.78, 5) is 0. The molecule has 21 heavy (non-hydrogen) atoms. The van der Waals surface area contributed by atoms with E-state index in [0.29, 0.717) is 12.0 Å². The van der Waals surface area contributed by atoms with Gasteiger partial charge in [-0.1, -0.05) is 22.9 Å². The number of rotatable bonds is 5. The largest absolute Gasteiger partial charge is 0.496 e. The maximum absolute atomic E-state index is 5.74. The molecular formula is C17H26BrNO2. The minimum absolute atomic E-state index is 0.324. The highest BCUT2D eigenvalue weighted by atomic mass is 79.9. The normalized spacial score (nSPS) is 17.8. The Labute approximate surface area is 136 Å². The molecule has 1 saturated heterocycles. The molecule has 4 heteroatoms. The highest BCUT2D eigenvalue weighted by Gasteiger charge is 2.29. The summed E-state index contributed by atoms with van der Waals surface area (Å²) in [7, 11) is 1.77. The molecule has 118 valence electrons. The minimum Gasteiger partial charge on any atom is -0.496 e. The number of aryl methyl sites for hydroxylation is 1. The second-order valence-corrected chi connectivity index (χ2v) is 6.59. The van der Waals surface area contributed by atoms with E-state index in [0.717, 1.165) is 42.8 Å². The zero-order chi connectivity index (χ0) is 15.4. The van der Waals surface area contributed by atoms with Gasteiger partial charge >= 0.3 is 0 Å². The lowest BCUT2D eigenvalue weighted by Gasteiger charge is -2.33. The van der Waals surface area contributed by atoms with Crippen molar-refractivity contribution >= 4 is 15.9 Å². The van der Waals surface area contributed by atoms with E-state index in [9.17, 15) is 0 Å². The van der Waals surface area contributed by atoms with Gasteiger partial charge < -0.3 is 14.8 Å². The molecule has 1 aliphatic heterocycles. The fourth-order valence-corrected chi connectivity index (χ4v) is 3.85. The van der Waals surface area contributed by atoms with Crippen molar-refractivity contribution in [2.75, 3.05) is 26.9 Å². The van der Waals surface area contributed by atoms with Gasteiger partial charge in [-0.15, -0.1) is 0 Å². The molecule has 0 aliphatic carbocycles. The summed E-state index contributed by atoms with van der Waals surface area (Å²) in [6.07, 6.45) is 2.21. The average Bonchev–Trinajstić information content (AvgIpc) is 2.49. The first-order valence-electron chi connectivity index (χ1n) is 7.74. The van der Waals surface area contributed by atoms with E-state index in [-0.39, 0.29) is 0 Å². The molecule has 1 fully saturated rings. The smallest absolute Gasteiger partial charge is 0.126 e. The number of halogens is 1. The van der Waals surface area contributed by atoms with Crippen molar-refractivity contribution in [3.8, 4) is 5.75 Å². The average molecular weight is 356 g/mol. The Hall–Kier alpha value is -0.580. The molecule has 0 spiro atoms. The van der Waals surface area contributed by atoms with Crippen LogP contribution in [0.15, 0.2) is 10.5 Å². The fraction of sp³-hybridized carbons (Fsp3) is 0.647. The van der Waals surface area contributed by atoms with Crippen LogP contribution in [0.25, 0.3) is 0 Å². The van der Waals surface area contributed by atoms with Gasteiger partial charge in [0.2, 0.25) is 0 Å². The standard InChI is InChI=1S/C17H26BrNO2/c1-5-19-16(13-6-8-21-9-7-13)15-12(3)14(18)10-11(2)17(15)20-4/h10,13,16,19H,5-9H2,1-4H3. The second-order valence-electron chi connectivity index (χ2n) is 5.73. The van der Waals surface area contributed by atoms with Crippen molar-refractivity contribution in [2.24, 2.45) is 5.92 Å². The van der Waals surface area contributed by atoms with Gasteiger partial charge in [-0.25, -0.2) is 0 Å². The van der Waals surface area contributed by atoms with Gasteiger partial charge in [0.25, 0.3) is 0 Å². The van der Waals surface area contributed by atoms with Crippen LogP contribution in [-0.4, -0.2) is 26.9 Å². The Morgan fingerprint density at radius 2 is 2.05 bits per heavy atom. The number of hydrogen-bond acceptors (Lipinski definition) is 3. The van der Waals surface area contributed by atoms with Crippen LogP contribution < -0.4 is 10.1 Å². The van der Waals surface area contributed by atoms with E-state index in [1.54, 1.807) is 7.11 Å². The quantitative estimate of drug-likeness (QED) is 0.860. The Balaban J connectivity index is 2.47. The van der Waals surface area contributed by atoms with E-state index in [4.69, 9.17) is 9.47 Å². The summed E-state index contributed by atoms with van der Waals surface area (Å²) < 4.78 is 12.4. The zero-order valence-corrected chi connectivity index (χ0v) is 15.0. The summed E-state index contributed by atoms with van der Waals surface area (Å²) in [5, 5.41) is 3.68. The summed E-state index contributed by atoms with van der Waals surface area (Å²) in [5.41, 5.74) is 3.76. The van der Waals surface area contributed by atoms with E-state index >= 15 is 0 Å². The molecule has 0 saturated carbocycles. The lowest BCUT2D eigenvalue weighted by atomic mass is 9.84. The lowest BCUT2D eigenvalue weighted by Crippen LogP contribution is -2.33. The number of ether oxygens (including phenoxy) is 2. The van der Waals surface area contributed by atoms with Crippen molar-refractivity contribution in [3.63, 3.8) is 0 Å². The predicted molar refractivity (Wildman–Crippen MR) is 90.1 cm³/mol. The van der Waals surface area contributed by atoms with E-state index < -0.39 is 0 Å². The molecule has 1 aromatic rings. The molecule has 1 aliphatic rings. The van der Waals surface area contributed by atoms with Crippen LogP contribution in [0.1, 0.15) is 42.5 Å². The third-order valence-electron chi connectivity index (χ3n) is 4.38. The van der Waals surface area contributed by atoms with Gasteiger partial charge in [0.15, 0.2) is 0 Å². The van der Waals surface area contributed by atoms with Crippen LogP contribution in [0.2, 0.25) is 0 Å². The molecule has 1 N–H and O–H groups in total. The summed E-state index contributed by atoms with van der Waals surface area (Å²) in [6.45, 7) is 9.13. The van der Waals surface area contributed by atoms with Crippen LogP contribution in [-0.2, 0) is 4.74 Å². The second kappa shape index (κ2) is 7.61. The lowest BCUT2D eigenvalue weighted by molar-refractivity contribution is 0.0534. The SMILES string of the molecule is CCNC(c1c(C)c(Br)cc(C)c1OC)C1CCOCC1. The highest BCUT2D eigenvalue weighted by Crippen LogP contribution is 2.41. The topological polar surface area (TPSA) is 30.5 Å². The first-order valence-corrected chi connectivity index (χ1v) is 8.54. The Morgan fingerprint density at radius 1 is 1.38 bits per heavy atom. The van der Waals surface area contributed by atoms with E-state index in [1.807, 2.05) is 0 Å². The van der Waals surface area contributed by atoms with Crippen molar-refractivity contribution in [1.29, 1.82) is 0 Å². The maximum atomic E-state index is 5.74. The number of benzene rings is 1. The number of hydrogen-bond donors (Lipinski definition) is 1. The first kappa shape index (κ1) is 16.8. The van der Waals surface area contributed by atoms with Gasteiger partial charge in [0.1, 0.15) is 5.75 Å². The van der Waals surface area contributed by atoms with E-state index in [1.165, 1.54) is 16.7 Å². The summed E-state index contributed by atoms with van der Waals surface area (Å²) >= 11 is 3.70. The molecule has 2 rings (SSSR count). The molecule has 0 aromatic heterocycles. The molecule has 0 radical (unpaired) electrons. The Kier molecular flexibility index (Phi) is 6.08. The van der Waals surface area contributed by atoms with Gasteiger partial charge in [-0.2, -0.15) is 0 Å². The molecule has 1 heterocycles. The van der Waals surface area contributed by atoms with Crippen LogP contribution in [0.3, 0.4) is 0 Å². The fourth-order valence-electron chi connectivity index (χ4n) is 3.29. The molecule has 1 aromatic carbocycles. The molecule has 0 amide bonds. The molecular weight excluding hydrogens is 330 g/mol. The molecule has 1 unspecified atom stereocenters. The first-order chi connectivity index (χ1) is 10.1. The van der Waals surface area contributed by atoms with Gasteiger partial charge in [0.05, 0.1) is 7.11 Å². The Morgan fingerprint density at radius 3 is 2.62 bits per heavy atom. The van der Waals surface area contributed by atoms with Gasteiger partial charge in [-0.3, -0.25) is 0 Å². The number of methoxy groups -OCH3 is 1. The number of nitrogens with one attached hydrogen (secondary N) is 1. The summed E-state index contributed by atoms with van der Waals surface area (Å²) in [5.74, 6) is 1.62. The van der Waals surface area contributed by atoms with Crippen LogP contribution >= 0.6 is 15.9 Å². The van der Waals surface area contributed by atoms with Crippen molar-refractivity contribution in [1.82, 2.24) is 5.32 Å². The van der Waals surface area contributed by atoms with Gasteiger partial charge in [-0.05, 0) is 56.3 Å². The van der Waals surface area contributed by atoms with Crippen molar-refractivity contribution < 1.29 is 9.47 Å². The molecule has 0 bridgehead atoms. The van der Waals surface area contributed by atoms with Crippen molar-refractivity contribution in [3.05, 3.63) is 27.2 Å². The highest BCUT2D eigenvalue weighted by molar-refractivity contribution is 9.10. The molecule has 1 atom stereocenters. The van der Waals surface area contributed by atoms with Crippen molar-refractivity contribution in [2.45, 2.75) is 39.7 Å². The van der Waals surface area contributed by atoms with Crippen LogP contribution in [0.5, 0.6) is 5.75 Å². The Bertz CT molecular complexity index is 484. The van der Waals surface area contributed by atoms with Crippen LogP contribution in [0, 0.1) is 19.8 Å². The van der Waals surface area contributed by atoms with Gasteiger partial charge in [0, 0.05) is 29.3 Å².